The fourth-order valence-corrected chi connectivity index (χ4v) is 2.57. The number of para-hydroxylation sites is 1. The van der Waals surface area contributed by atoms with E-state index in [1.54, 1.807) is 10.8 Å². The molecule has 7 heteroatoms. The van der Waals surface area contributed by atoms with Crippen LogP contribution >= 0.6 is 11.6 Å². The second-order valence-corrected chi connectivity index (χ2v) is 6.47. The summed E-state index contributed by atoms with van der Waals surface area (Å²) in [4.78, 5) is 23.3. The van der Waals surface area contributed by atoms with Crippen LogP contribution in [-0.2, 0) is 9.59 Å². The van der Waals surface area contributed by atoms with E-state index in [0.29, 0.717) is 23.8 Å². The second-order valence-electron chi connectivity index (χ2n) is 6.11. The molecular formula is C19H23ClN4O2. The first kappa shape index (κ1) is 19.7. The van der Waals surface area contributed by atoms with Crippen molar-refractivity contribution in [3.8, 4) is 5.69 Å². The van der Waals surface area contributed by atoms with Gasteiger partial charge in [0.25, 0.3) is 0 Å². The molecule has 138 valence electrons. The molecule has 0 fully saturated rings. The lowest BCUT2D eigenvalue weighted by Gasteiger charge is -2.07. The smallest absolute Gasteiger partial charge is 0.244 e. The summed E-state index contributed by atoms with van der Waals surface area (Å²) in [5, 5.41) is 10.3. The molecule has 0 spiro atoms. The molecule has 2 rings (SSSR count). The van der Waals surface area contributed by atoms with Crippen molar-refractivity contribution >= 4 is 29.5 Å². The van der Waals surface area contributed by atoms with Gasteiger partial charge in [-0.15, -0.1) is 0 Å². The van der Waals surface area contributed by atoms with Crippen molar-refractivity contribution < 1.29 is 9.59 Å². The molecule has 0 aliphatic rings. The third-order valence-electron chi connectivity index (χ3n) is 3.70. The predicted molar refractivity (Wildman–Crippen MR) is 103 cm³/mol. The van der Waals surface area contributed by atoms with E-state index >= 15 is 0 Å². The number of rotatable bonds is 7. The van der Waals surface area contributed by atoms with Crippen molar-refractivity contribution in [2.75, 3.05) is 13.1 Å². The van der Waals surface area contributed by atoms with Crippen molar-refractivity contribution in [2.24, 2.45) is 5.92 Å². The molecule has 0 bridgehead atoms. The number of halogens is 1. The highest BCUT2D eigenvalue weighted by molar-refractivity contribution is 6.31. The van der Waals surface area contributed by atoms with E-state index in [1.165, 1.54) is 6.08 Å². The van der Waals surface area contributed by atoms with E-state index in [9.17, 15) is 9.59 Å². The third-order valence-corrected chi connectivity index (χ3v) is 4.06. The van der Waals surface area contributed by atoms with E-state index in [0.717, 1.165) is 11.4 Å². The van der Waals surface area contributed by atoms with Gasteiger partial charge < -0.3 is 10.6 Å². The maximum absolute atomic E-state index is 11.9. The molecule has 0 aliphatic heterocycles. The van der Waals surface area contributed by atoms with Gasteiger partial charge in [-0.2, -0.15) is 5.10 Å². The molecule has 2 amide bonds. The minimum Gasteiger partial charge on any atom is -0.354 e. The molecule has 26 heavy (non-hydrogen) atoms. The SMILES string of the molecule is Cc1nn(-c2ccccc2)c(Cl)c1C=CC(=O)NCCNC(=O)C(C)C. The Hall–Kier alpha value is -2.60. The van der Waals surface area contributed by atoms with Crippen LogP contribution in [0.1, 0.15) is 25.1 Å². The van der Waals surface area contributed by atoms with Gasteiger partial charge in [0.05, 0.1) is 11.4 Å². The standard InChI is InChI=1S/C19H23ClN4O2/c1-13(2)19(26)22-12-11-21-17(25)10-9-16-14(3)23-24(18(16)20)15-7-5-4-6-8-15/h4-10,13H,11-12H2,1-3H3,(H,21,25)(H,22,26). The highest BCUT2D eigenvalue weighted by Crippen LogP contribution is 2.24. The van der Waals surface area contributed by atoms with Crippen molar-refractivity contribution in [3.63, 3.8) is 0 Å². The fraction of sp³-hybridized carbons (Fsp3) is 0.316. The molecule has 0 saturated heterocycles. The van der Waals surface area contributed by atoms with Crippen molar-refractivity contribution in [1.29, 1.82) is 0 Å². The Morgan fingerprint density at radius 1 is 1.19 bits per heavy atom. The van der Waals surface area contributed by atoms with Crippen molar-refractivity contribution in [2.45, 2.75) is 20.8 Å². The Morgan fingerprint density at radius 2 is 1.85 bits per heavy atom. The molecule has 2 aromatic rings. The molecule has 0 aliphatic carbocycles. The van der Waals surface area contributed by atoms with Crippen LogP contribution < -0.4 is 10.6 Å². The van der Waals surface area contributed by atoms with Crippen LogP contribution in [0.15, 0.2) is 36.4 Å². The van der Waals surface area contributed by atoms with E-state index < -0.39 is 0 Å². The number of aryl methyl sites for hydroxylation is 1. The molecule has 6 nitrogen and oxygen atoms in total. The van der Waals surface area contributed by atoms with Gasteiger partial charge in [-0.25, -0.2) is 4.68 Å². The summed E-state index contributed by atoms with van der Waals surface area (Å²) in [7, 11) is 0. The number of carbonyl (C=O) groups is 2. The number of nitrogens with one attached hydrogen (secondary N) is 2. The highest BCUT2D eigenvalue weighted by Gasteiger charge is 2.12. The number of carbonyl (C=O) groups excluding carboxylic acids is 2. The van der Waals surface area contributed by atoms with Crippen LogP contribution in [0.5, 0.6) is 0 Å². The number of nitrogens with zero attached hydrogens (tertiary/aromatic N) is 2. The molecule has 2 N–H and O–H groups in total. The minimum absolute atomic E-state index is 0.0366. The minimum atomic E-state index is -0.258. The molecule has 1 aromatic carbocycles. The predicted octanol–water partition coefficient (Wildman–Crippen LogP) is 2.74. The number of hydrogen-bond acceptors (Lipinski definition) is 3. The molecule has 0 saturated carbocycles. The summed E-state index contributed by atoms with van der Waals surface area (Å²) < 4.78 is 1.63. The largest absolute Gasteiger partial charge is 0.354 e. The van der Waals surface area contributed by atoms with Crippen LogP contribution in [0.25, 0.3) is 11.8 Å². The molecule has 0 atom stereocenters. The summed E-state index contributed by atoms with van der Waals surface area (Å²) >= 11 is 6.41. The average molecular weight is 375 g/mol. The lowest BCUT2D eigenvalue weighted by Crippen LogP contribution is -2.35. The highest BCUT2D eigenvalue weighted by atomic mass is 35.5. The number of aromatic nitrogens is 2. The van der Waals surface area contributed by atoms with Crippen molar-refractivity contribution in [3.05, 3.63) is 52.8 Å². The zero-order valence-corrected chi connectivity index (χ0v) is 15.9. The van der Waals surface area contributed by atoms with Gasteiger partial charge in [0, 0.05) is 30.6 Å². The molecule has 0 unspecified atom stereocenters. The second kappa shape index (κ2) is 9.20. The Morgan fingerprint density at radius 3 is 2.50 bits per heavy atom. The average Bonchev–Trinajstić information content (AvgIpc) is 2.91. The van der Waals surface area contributed by atoms with Gasteiger partial charge in [-0.1, -0.05) is 43.6 Å². The van der Waals surface area contributed by atoms with Gasteiger partial charge in [0.1, 0.15) is 5.15 Å². The Labute approximate surface area is 158 Å². The first-order chi connectivity index (χ1) is 12.4. The van der Waals surface area contributed by atoms with Gasteiger partial charge in [0.2, 0.25) is 11.8 Å². The summed E-state index contributed by atoms with van der Waals surface area (Å²) in [6.45, 7) is 6.22. The van der Waals surface area contributed by atoms with Gasteiger partial charge in [0.15, 0.2) is 0 Å². The van der Waals surface area contributed by atoms with E-state index in [4.69, 9.17) is 11.6 Å². The molecule has 0 radical (unpaired) electrons. The van der Waals surface area contributed by atoms with Gasteiger partial charge in [-0.05, 0) is 25.1 Å². The fourth-order valence-electron chi connectivity index (χ4n) is 2.23. The maximum Gasteiger partial charge on any atom is 0.244 e. The first-order valence-corrected chi connectivity index (χ1v) is 8.82. The summed E-state index contributed by atoms with van der Waals surface area (Å²) in [6.07, 6.45) is 3.06. The molecule has 1 heterocycles. The summed E-state index contributed by atoms with van der Waals surface area (Å²) in [5.41, 5.74) is 2.27. The van der Waals surface area contributed by atoms with E-state index in [-0.39, 0.29) is 17.7 Å². The zero-order valence-electron chi connectivity index (χ0n) is 15.1. The first-order valence-electron chi connectivity index (χ1n) is 8.44. The summed E-state index contributed by atoms with van der Waals surface area (Å²) in [5.74, 6) is -0.367. The lowest BCUT2D eigenvalue weighted by molar-refractivity contribution is -0.124. The number of benzene rings is 1. The topological polar surface area (TPSA) is 76.0 Å². The van der Waals surface area contributed by atoms with Crippen LogP contribution in [0.2, 0.25) is 5.15 Å². The zero-order chi connectivity index (χ0) is 19.1. The molecular weight excluding hydrogens is 352 g/mol. The normalized spacial score (nSPS) is 11.1. The number of hydrogen-bond donors (Lipinski definition) is 2. The van der Waals surface area contributed by atoms with Crippen LogP contribution in [0.3, 0.4) is 0 Å². The molecule has 1 aromatic heterocycles. The maximum atomic E-state index is 11.9. The lowest BCUT2D eigenvalue weighted by atomic mass is 10.2. The van der Waals surface area contributed by atoms with E-state index in [2.05, 4.69) is 15.7 Å². The van der Waals surface area contributed by atoms with Crippen molar-refractivity contribution in [1.82, 2.24) is 20.4 Å². The quantitative estimate of drug-likeness (QED) is 0.578. The van der Waals surface area contributed by atoms with Gasteiger partial charge in [-0.3, -0.25) is 9.59 Å². The van der Waals surface area contributed by atoms with Crippen LogP contribution in [-0.4, -0.2) is 34.7 Å². The monoisotopic (exact) mass is 374 g/mol. The van der Waals surface area contributed by atoms with Gasteiger partial charge >= 0.3 is 0 Å². The Kier molecular flexibility index (Phi) is 6.97. The Balaban J connectivity index is 1.95. The van der Waals surface area contributed by atoms with E-state index in [1.807, 2.05) is 51.1 Å². The Bertz CT molecular complexity index is 797. The van der Waals surface area contributed by atoms with Crippen LogP contribution in [0.4, 0.5) is 0 Å². The number of amides is 2. The third kappa shape index (κ3) is 5.20. The summed E-state index contributed by atoms with van der Waals surface area (Å²) in [6, 6.07) is 9.55. The van der Waals surface area contributed by atoms with Crippen LogP contribution in [0, 0.1) is 12.8 Å².